The minimum atomic E-state index is -1.14. The lowest BCUT2D eigenvalue weighted by Crippen LogP contribution is -2.02. The maximum atomic E-state index is 11.2. The van der Waals surface area contributed by atoms with Crippen molar-refractivity contribution in [3.63, 3.8) is 0 Å². The van der Waals surface area contributed by atoms with Gasteiger partial charge in [-0.15, -0.1) is 0 Å². The molecule has 0 saturated heterocycles. The second kappa shape index (κ2) is 5.38. The first-order valence-electron chi connectivity index (χ1n) is 5.18. The number of hydrogen-bond donors (Lipinski definition) is 1. The molecule has 0 radical (unpaired) electrons. The summed E-state index contributed by atoms with van der Waals surface area (Å²) in [7, 11) is 0. The van der Waals surface area contributed by atoms with Gasteiger partial charge in [0.25, 0.3) is 0 Å². The highest BCUT2D eigenvalue weighted by Gasteiger charge is 2.11. The normalized spacial score (nSPS) is 11.1. The number of carboxylic acid groups (broad SMARTS) is 1. The van der Waals surface area contributed by atoms with Crippen molar-refractivity contribution in [1.82, 2.24) is 4.98 Å². The SMILES string of the molecule is O=C(Cl)C=Cc1nc2ccc(Cl)cc2cc1C(=O)O. The molecule has 0 amide bonds. The first kappa shape index (κ1) is 13.5. The number of pyridine rings is 1. The molecule has 6 heteroatoms. The highest BCUT2D eigenvalue weighted by molar-refractivity contribution is 6.66. The summed E-state index contributed by atoms with van der Waals surface area (Å²) >= 11 is 11.0. The van der Waals surface area contributed by atoms with Gasteiger partial charge in [0.05, 0.1) is 16.8 Å². The summed E-state index contributed by atoms with van der Waals surface area (Å²) in [5, 5.41) is 9.54. The van der Waals surface area contributed by atoms with E-state index in [-0.39, 0.29) is 11.3 Å². The highest BCUT2D eigenvalue weighted by atomic mass is 35.5. The van der Waals surface area contributed by atoms with Crippen LogP contribution in [0.4, 0.5) is 0 Å². The van der Waals surface area contributed by atoms with Crippen molar-refractivity contribution in [2.24, 2.45) is 0 Å². The molecule has 0 unspecified atom stereocenters. The Hall–Kier alpha value is -1.91. The molecule has 0 spiro atoms. The Kier molecular flexibility index (Phi) is 3.83. The monoisotopic (exact) mass is 295 g/mol. The minimum absolute atomic E-state index is 0.0241. The Balaban J connectivity index is 2.67. The topological polar surface area (TPSA) is 67.3 Å². The Morgan fingerprint density at radius 2 is 2.00 bits per heavy atom. The van der Waals surface area contributed by atoms with Gasteiger partial charge in [0.1, 0.15) is 0 Å². The van der Waals surface area contributed by atoms with Crippen molar-refractivity contribution in [2.75, 3.05) is 0 Å². The third kappa shape index (κ3) is 3.10. The molecule has 2 aromatic rings. The third-order valence-electron chi connectivity index (χ3n) is 2.41. The number of carbonyl (C=O) groups excluding carboxylic acids is 1. The highest BCUT2D eigenvalue weighted by Crippen LogP contribution is 2.21. The maximum absolute atomic E-state index is 11.2. The lowest BCUT2D eigenvalue weighted by Gasteiger charge is -2.04. The lowest BCUT2D eigenvalue weighted by atomic mass is 10.1. The molecule has 1 N–H and O–H groups in total. The van der Waals surface area contributed by atoms with Crippen LogP contribution in [0.15, 0.2) is 30.3 Å². The smallest absolute Gasteiger partial charge is 0.337 e. The molecule has 0 bridgehead atoms. The van der Waals surface area contributed by atoms with Crippen LogP contribution >= 0.6 is 23.2 Å². The van der Waals surface area contributed by atoms with Crippen LogP contribution in [0.1, 0.15) is 16.1 Å². The van der Waals surface area contributed by atoms with Crippen LogP contribution in [0.2, 0.25) is 5.02 Å². The number of nitrogens with zero attached hydrogens (tertiary/aromatic N) is 1. The molecule has 1 aromatic heterocycles. The van der Waals surface area contributed by atoms with Crippen molar-refractivity contribution in [3.8, 4) is 0 Å². The van der Waals surface area contributed by atoms with E-state index in [1.165, 1.54) is 12.1 Å². The Morgan fingerprint density at radius 3 is 2.63 bits per heavy atom. The summed E-state index contributed by atoms with van der Waals surface area (Å²) < 4.78 is 0. The summed E-state index contributed by atoms with van der Waals surface area (Å²) in [6.07, 6.45) is 2.32. The average molecular weight is 296 g/mol. The van der Waals surface area contributed by atoms with Gasteiger partial charge in [-0.2, -0.15) is 0 Å². The molecule has 0 aliphatic carbocycles. The second-order valence-electron chi connectivity index (χ2n) is 3.70. The van der Waals surface area contributed by atoms with Crippen molar-refractivity contribution in [3.05, 3.63) is 46.6 Å². The van der Waals surface area contributed by atoms with E-state index in [4.69, 9.17) is 28.3 Å². The minimum Gasteiger partial charge on any atom is -0.478 e. The number of hydrogen-bond acceptors (Lipinski definition) is 3. The first-order chi connectivity index (χ1) is 8.97. The van der Waals surface area contributed by atoms with E-state index >= 15 is 0 Å². The molecular formula is C13H7Cl2NO3. The molecule has 0 aliphatic heterocycles. The zero-order valence-corrected chi connectivity index (χ0v) is 10.9. The molecule has 2 rings (SSSR count). The first-order valence-corrected chi connectivity index (χ1v) is 5.94. The summed E-state index contributed by atoms with van der Waals surface area (Å²) in [6, 6.07) is 6.39. The molecule has 4 nitrogen and oxygen atoms in total. The van der Waals surface area contributed by atoms with E-state index in [9.17, 15) is 9.59 Å². The molecule has 1 aromatic carbocycles. The molecule has 96 valence electrons. The van der Waals surface area contributed by atoms with Gasteiger partial charge in [-0.25, -0.2) is 9.78 Å². The number of carboxylic acids is 1. The van der Waals surface area contributed by atoms with Gasteiger partial charge in [-0.3, -0.25) is 4.79 Å². The van der Waals surface area contributed by atoms with Gasteiger partial charge in [-0.05, 0) is 48.0 Å². The molecule has 0 atom stereocenters. The van der Waals surface area contributed by atoms with Crippen LogP contribution in [0.5, 0.6) is 0 Å². The van der Waals surface area contributed by atoms with Crippen LogP contribution in [-0.2, 0) is 4.79 Å². The quantitative estimate of drug-likeness (QED) is 0.696. The largest absolute Gasteiger partial charge is 0.478 e. The number of carbonyl (C=O) groups is 2. The predicted molar refractivity (Wildman–Crippen MR) is 73.6 cm³/mol. The molecular weight excluding hydrogens is 289 g/mol. The van der Waals surface area contributed by atoms with Gasteiger partial charge in [0.2, 0.25) is 5.24 Å². The molecule has 19 heavy (non-hydrogen) atoms. The number of fused-ring (bicyclic) bond motifs is 1. The van der Waals surface area contributed by atoms with Crippen molar-refractivity contribution < 1.29 is 14.7 Å². The predicted octanol–water partition coefficient (Wildman–Crippen LogP) is 3.37. The van der Waals surface area contributed by atoms with Gasteiger partial charge < -0.3 is 5.11 Å². The van der Waals surface area contributed by atoms with Crippen LogP contribution < -0.4 is 0 Å². The van der Waals surface area contributed by atoms with Gasteiger partial charge in [-0.1, -0.05) is 11.6 Å². The number of aromatic carboxylic acids is 1. The summed E-state index contributed by atoms with van der Waals surface area (Å²) in [5.41, 5.74) is 0.719. The van der Waals surface area contributed by atoms with Gasteiger partial charge >= 0.3 is 5.97 Å². The molecule has 1 heterocycles. The van der Waals surface area contributed by atoms with E-state index in [1.54, 1.807) is 18.2 Å². The maximum Gasteiger partial charge on any atom is 0.337 e. The van der Waals surface area contributed by atoms with E-state index in [1.807, 2.05) is 0 Å². The fourth-order valence-corrected chi connectivity index (χ4v) is 1.85. The lowest BCUT2D eigenvalue weighted by molar-refractivity contribution is -0.107. The number of halogens is 2. The fraction of sp³-hybridized carbons (Fsp3) is 0. The standard InChI is InChI=1S/C13H7Cl2NO3/c14-8-1-2-10-7(5-8)6-9(13(18)19)11(16-10)3-4-12(15)17/h1-6H,(H,18,19). The summed E-state index contributed by atoms with van der Waals surface area (Å²) in [4.78, 5) is 26.0. The van der Waals surface area contributed by atoms with Gasteiger partial charge in [0.15, 0.2) is 0 Å². The Morgan fingerprint density at radius 1 is 1.26 bits per heavy atom. The fourth-order valence-electron chi connectivity index (χ4n) is 1.61. The third-order valence-corrected chi connectivity index (χ3v) is 2.77. The van der Waals surface area contributed by atoms with Crippen LogP contribution in [0.25, 0.3) is 17.0 Å². The molecule has 0 saturated carbocycles. The van der Waals surface area contributed by atoms with Crippen molar-refractivity contribution in [1.29, 1.82) is 0 Å². The Bertz CT molecular complexity index is 710. The summed E-state index contributed by atoms with van der Waals surface area (Å²) in [5.74, 6) is -1.14. The number of benzene rings is 1. The zero-order valence-electron chi connectivity index (χ0n) is 9.43. The van der Waals surface area contributed by atoms with Crippen LogP contribution in [0, 0.1) is 0 Å². The van der Waals surface area contributed by atoms with E-state index < -0.39 is 11.2 Å². The molecule has 0 aliphatic rings. The number of allylic oxidation sites excluding steroid dienone is 1. The zero-order chi connectivity index (χ0) is 14.0. The second-order valence-corrected chi connectivity index (χ2v) is 4.51. The average Bonchev–Trinajstić information content (AvgIpc) is 2.35. The Labute approximate surface area is 118 Å². The van der Waals surface area contributed by atoms with Crippen molar-refractivity contribution >= 4 is 51.4 Å². The number of aromatic nitrogens is 1. The van der Waals surface area contributed by atoms with Crippen LogP contribution in [0.3, 0.4) is 0 Å². The van der Waals surface area contributed by atoms with E-state index in [0.29, 0.717) is 15.9 Å². The van der Waals surface area contributed by atoms with E-state index in [0.717, 1.165) is 6.08 Å². The van der Waals surface area contributed by atoms with Crippen LogP contribution in [-0.4, -0.2) is 21.3 Å². The molecule has 0 fully saturated rings. The van der Waals surface area contributed by atoms with Crippen molar-refractivity contribution in [2.45, 2.75) is 0 Å². The summed E-state index contributed by atoms with van der Waals surface area (Å²) in [6.45, 7) is 0. The number of rotatable bonds is 3. The van der Waals surface area contributed by atoms with Gasteiger partial charge in [0, 0.05) is 10.4 Å². The van der Waals surface area contributed by atoms with E-state index in [2.05, 4.69) is 4.98 Å².